The van der Waals surface area contributed by atoms with Gasteiger partial charge in [-0.3, -0.25) is 9.69 Å². The summed E-state index contributed by atoms with van der Waals surface area (Å²) in [5.41, 5.74) is 3.64. The van der Waals surface area contributed by atoms with Crippen molar-refractivity contribution in [1.29, 1.82) is 0 Å². The molecule has 5 rings (SSSR count). The lowest BCUT2D eigenvalue weighted by Crippen LogP contribution is -2.50. The molecule has 2 atom stereocenters. The number of aryl methyl sites for hydroxylation is 2. The van der Waals surface area contributed by atoms with Crippen LogP contribution in [0.4, 0.5) is 4.39 Å². The average Bonchev–Trinajstić information content (AvgIpc) is 3.32. The summed E-state index contributed by atoms with van der Waals surface area (Å²) in [6.45, 7) is 6.77. The van der Waals surface area contributed by atoms with Crippen LogP contribution in [0, 0.1) is 12.7 Å². The Morgan fingerprint density at radius 1 is 1.27 bits per heavy atom. The van der Waals surface area contributed by atoms with Crippen molar-refractivity contribution >= 4 is 16.9 Å². The van der Waals surface area contributed by atoms with Gasteiger partial charge in [-0.2, -0.15) is 0 Å². The lowest BCUT2D eigenvalue weighted by atomic mass is 9.90. The third kappa shape index (κ3) is 3.75. The molecule has 2 aliphatic rings. The molecule has 1 amide bonds. The molecule has 1 aromatic carbocycles. The van der Waals surface area contributed by atoms with Crippen LogP contribution in [0.5, 0.6) is 0 Å². The molecule has 2 aromatic heterocycles. The summed E-state index contributed by atoms with van der Waals surface area (Å²) >= 11 is 0. The Morgan fingerprint density at radius 2 is 2.03 bits per heavy atom. The van der Waals surface area contributed by atoms with Crippen molar-refractivity contribution in [3.8, 4) is 0 Å². The average molecular weight is 455 g/mol. The molecular formula is C25H31FN4O3. The van der Waals surface area contributed by atoms with E-state index in [0.29, 0.717) is 29.9 Å². The summed E-state index contributed by atoms with van der Waals surface area (Å²) in [6.07, 6.45) is 3.80. The number of hydrogen-bond donors (Lipinski definition) is 1. The van der Waals surface area contributed by atoms with Crippen molar-refractivity contribution in [3.63, 3.8) is 0 Å². The van der Waals surface area contributed by atoms with Crippen LogP contribution in [-0.4, -0.2) is 62.8 Å². The van der Waals surface area contributed by atoms with E-state index in [1.807, 2.05) is 29.6 Å². The maximum Gasteiger partial charge on any atom is 0.256 e. The van der Waals surface area contributed by atoms with E-state index < -0.39 is 6.10 Å². The molecule has 8 heteroatoms. The molecule has 176 valence electrons. The summed E-state index contributed by atoms with van der Waals surface area (Å²) in [7, 11) is 1.90. The Labute approximate surface area is 192 Å². The first kappa shape index (κ1) is 22.1. The molecule has 0 spiro atoms. The maximum absolute atomic E-state index is 13.5. The number of aromatic nitrogens is 2. The molecule has 2 aliphatic heterocycles. The largest absolute Gasteiger partial charge is 0.385 e. The fraction of sp³-hybridized carbons (Fsp3) is 0.520. The maximum atomic E-state index is 13.5. The number of piperidine rings is 1. The van der Waals surface area contributed by atoms with Crippen molar-refractivity contribution in [2.45, 2.75) is 51.2 Å². The van der Waals surface area contributed by atoms with Crippen molar-refractivity contribution < 1.29 is 18.8 Å². The van der Waals surface area contributed by atoms with Crippen LogP contribution in [0.25, 0.3) is 11.0 Å². The lowest BCUT2D eigenvalue weighted by molar-refractivity contribution is 0.0161. The van der Waals surface area contributed by atoms with Crippen molar-refractivity contribution in [3.05, 3.63) is 52.7 Å². The fourth-order valence-corrected chi connectivity index (χ4v) is 5.69. The number of rotatable bonds is 4. The van der Waals surface area contributed by atoms with Gasteiger partial charge in [0.15, 0.2) is 5.58 Å². The molecule has 1 fully saturated rings. The van der Waals surface area contributed by atoms with Crippen molar-refractivity contribution in [2.75, 3.05) is 26.2 Å². The topological polar surface area (TPSA) is 74.7 Å². The number of carbonyl (C=O) groups excluding carboxylic acids is 1. The third-order valence-electron chi connectivity index (χ3n) is 7.31. The van der Waals surface area contributed by atoms with E-state index in [9.17, 15) is 14.3 Å². The van der Waals surface area contributed by atoms with Gasteiger partial charge in [0.25, 0.3) is 5.91 Å². The highest BCUT2D eigenvalue weighted by Crippen LogP contribution is 2.37. The first-order valence-corrected chi connectivity index (χ1v) is 11.8. The number of halogens is 1. The summed E-state index contributed by atoms with van der Waals surface area (Å²) in [5.74, 6) is -0.0939. The molecule has 4 heterocycles. The predicted octanol–water partition coefficient (Wildman–Crippen LogP) is 3.76. The zero-order chi connectivity index (χ0) is 23.3. The van der Waals surface area contributed by atoms with Gasteiger partial charge in [0, 0.05) is 43.7 Å². The van der Waals surface area contributed by atoms with E-state index in [1.165, 1.54) is 12.1 Å². The van der Waals surface area contributed by atoms with E-state index in [4.69, 9.17) is 4.52 Å². The Morgan fingerprint density at radius 3 is 2.76 bits per heavy atom. The van der Waals surface area contributed by atoms with Crippen LogP contribution < -0.4 is 0 Å². The molecule has 0 radical (unpaired) electrons. The number of fused-ring (bicyclic) bond motifs is 2. The highest BCUT2D eigenvalue weighted by molar-refractivity contribution is 5.97. The van der Waals surface area contributed by atoms with Crippen LogP contribution in [0.15, 0.2) is 28.9 Å². The number of aliphatic hydroxyl groups excluding tert-OH is 1. The third-order valence-corrected chi connectivity index (χ3v) is 7.31. The molecular weight excluding hydrogens is 423 g/mol. The van der Waals surface area contributed by atoms with Gasteiger partial charge in [-0.05, 0) is 57.0 Å². The van der Waals surface area contributed by atoms with Gasteiger partial charge in [0.1, 0.15) is 11.9 Å². The fourth-order valence-electron chi connectivity index (χ4n) is 5.69. The number of likely N-dealkylation sites (tertiary alicyclic amines) is 1. The Kier molecular flexibility index (Phi) is 5.74. The number of carbonyl (C=O) groups is 1. The minimum Gasteiger partial charge on any atom is -0.385 e. The minimum atomic E-state index is -0.739. The van der Waals surface area contributed by atoms with E-state index in [-0.39, 0.29) is 23.7 Å². The smallest absolute Gasteiger partial charge is 0.256 e. The predicted molar refractivity (Wildman–Crippen MR) is 123 cm³/mol. The van der Waals surface area contributed by atoms with Crippen molar-refractivity contribution in [2.24, 2.45) is 7.05 Å². The highest BCUT2D eigenvalue weighted by Gasteiger charge is 2.40. The van der Waals surface area contributed by atoms with E-state index in [2.05, 4.69) is 17.0 Å². The second kappa shape index (κ2) is 8.57. The zero-order valence-electron chi connectivity index (χ0n) is 19.4. The Bertz CT molecular complexity index is 1180. The van der Waals surface area contributed by atoms with E-state index in [1.54, 1.807) is 6.07 Å². The van der Waals surface area contributed by atoms with Gasteiger partial charge in [-0.1, -0.05) is 12.1 Å². The van der Waals surface area contributed by atoms with Gasteiger partial charge in [-0.25, -0.2) is 4.39 Å². The summed E-state index contributed by atoms with van der Waals surface area (Å²) in [4.78, 5) is 17.5. The lowest BCUT2D eigenvalue weighted by Gasteiger charge is -2.40. The molecule has 7 nitrogen and oxygen atoms in total. The van der Waals surface area contributed by atoms with Gasteiger partial charge < -0.3 is 19.1 Å². The van der Waals surface area contributed by atoms with Gasteiger partial charge >= 0.3 is 0 Å². The second-order valence-electron chi connectivity index (χ2n) is 9.47. The molecule has 0 bridgehead atoms. The summed E-state index contributed by atoms with van der Waals surface area (Å²) in [6, 6.07) is 4.39. The molecule has 0 aliphatic carbocycles. The number of amides is 1. The van der Waals surface area contributed by atoms with Crippen LogP contribution >= 0.6 is 0 Å². The standard InChI is InChI=1S/C25H31FN4O3/c1-4-9-30-14-19(24(31)23-21(25(30)32)15(2)13-28(23)3)29-10-7-16(8-11-29)22-18-6-5-17(26)12-20(18)33-27-22/h5-6,12-13,16,19,24,31H,4,7-11,14H2,1-3H3. The summed E-state index contributed by atoms with van der Waals surface area (Å²) in [5, 5.41) is 16.6. The van der Waals surface area contributed by atoms with Gasteiger partial charge in [-0.15, -0.1) is 0 Å². The van der Waals surface area contributed by atoms with Crippen LogP contribution in [0.2, 0.25) is 0 Å². The first-order chi connectivity index (χ1) is 15.9. The number of hydrogen-bond acceptors (Lipinski definition) is 5. The van der Waals surface area contributed by atoms with E-state index >= 15 is 0 Å². The number of benzene rings is 1. The molecule has 1 saturated heterocycles. The van der Waals surface area contributed by atoms with Gasteiger partial charge in [0.05, 0.1) is 23.0 Å². The molecule has 0 saturated carbocycles. The zero-order valence-corrected chi connectivity index (χ0v) is 19.4. The molecule has 1 N–H and O–H groups in total. The Hall–Kier alpha value is -2.71. The van der Waals surface area contributed by atoms with Crippen LogP contribution in [0.1, 0.15) is 65.5 Å². The Balaban J connectivity index is 1.39. The van der Waals surface area contributed by atoms with Crippen LogP contribution in [0.3, 0.4) is 0 Å². The number of nitrogens with zero attached hydrogens (tertiary/aromatic N) is 4. The first-order valence-electron chi connectivity index (χ1n) is 11.8. The minimum absolute atomic E-state index is 0.0164. The molecule has 33 heavy (non-hydrogen) atoms. The van der Waals surface area contributed by atoms with Crippen molar-refractivity contribution in [1.82, 2.24) is 19.5 Å². The van der Waals surface area contributed by atoms with Gasteiger partial charge in [0.2, 0.25) is 0 Å². The second-order valence-corrected chi connectivity index (χ2v) is 9.47. The quantitative estimate of drug-likeness (QED) is 0.650. The molecule has 3 aromatic rings. The summed E-state index contributed by atoms with van der Waals surface area (Å²) < 4.78 is 20.8. The molecule has 2 unspecified atom stereocenters. The SMILES string of the molecule is CCCN1CC(N2CCC(c3noc4cc(F)ccc34)CC2)C(O)c2c(c(C)cn2C)C1=O. The highest BCUT2D eigenvalue weighted by atomic mass is 19.1. The number of aliphatic hydroxyl groups is 1. The normalized spacial score (nSPS) is 22.7. The monoisotopic (exact) mass is 454 g/mol. The van der Waals surface area contributed by atoms with E-state index in [0.717, 1.165) is 49.0 Å². The van der Waals surface area contributed by atoms with Crippen LogP contribution in [-0.2, 0) is 7.05 Å².